The fourth-order valence-corrected chi connectivity index (χ4v) is 3.63. The van der Waals surface area contributed by atoms with E-state index in [0.717, 1.165) is 32.1 Å². The van der Waals surface area contributed by atoms with Crippen molar-refractivity contribution >= 4 is 5.97 Å². The molecule has 0 aromatic carbocycles. The quantitative estimate of drug-likeness (QED) is 0.766. The summed E-state index contributed by atoms with van der Waals surface area (Å²) < 4.78 is 5.79. The minimum atomic E-state index is -0.636. The summed E-state index contributed by atoms with van der Waals surface area (Å²) >= 11 is 0. The molecular weight excluding hydrogens is 216 g/mol. The largest absolute Gasteiger partial charge is 0.481 e. The number of carboxylic acid groups (broad SMARTS) is 1. The zero-order chi connectivity index (χ0) is 11.9. The van der Waals surface area contributed by atoms with Gasteiger partial charge >= 0.3 is 5.97 Å². The van der Waals surface area contributed by atoms with Crippen molar-refractivity contribution in [1.82, 2.24) is 0 Å². The Balaban J connectivity index is 1.93. The molecule has 0 spiro atoms. The van der Waals surface area contributed by atoms with Crippen molar-refractivity contribution in [2.24, 2.45) is 17.3 Å². The zero-order valence-corrected chi connectivity index (χ0v) is 10.1. The van der Waals surface area contributed by atoms with Gasteiger partial charge in [0.25, 0.3) is 0 Å². The zero-order valence-electron chi connectivity index (χ0n) is 10.1. The van der Waals surface area contributed by atoms with Crippen LogP contribution in [0.15, 0.2) is 12.2 Å². The SMILES string of the molecule is O=C(O)C1(C2C=CCCC2)CCOC1C1CC1. The molecule has 3 aliphatic rings. The average Bonchev–Trinajstić information content (AvgIpc) is 3.09. The van der Waals surface area contributed by atoms with Crippen LogP contribution in [0.2, 0.25) is 0 Å². The summed E-state index contributed by atoms with van der Waals surface area (Å²) in [6, 6.07) is 0. The molecule has 3 atom stereocenters. The van der Waals surface area contributed by atoms with Crippen molar-refractivity contribution in [3.05, 3.63) is 12.2 Å². The lowest BCUT2D eigenvalue weighted by Crippen LogP contribution is -2.46. The van der Waals surface area contributed by atoms with E-state index in [-0.39, 0.29) is 12.0 Å². The van der Waals surface area contributed by atoms with Crippen LogP contribution in [0.5, 0.6) is 0 Å². The Bertz CT molecular complexity index is 345. The maximum Gasteiger partial charge on any atom is 0.312 e. The number of carboxylic acids is 1. The molecule has 3 rings (SSSR count). The lowest BCUT2D eigenvalue weighted by Gasteiger charge is -2.37. The summed E-state index contributed by atoms with van der Waals surface area (Å²) in [5.41, 5.74) is -0.627. The molecular formula is C14H20O3. The maximum absolute atomic E-state index is 11.9. The molecule has 0 amide bonds. The van der Waals surface area contributed by atoms with Crippen LogP contribution in [0.4, 0.5) is 0 Å². The van der Waals surface area contributed by atoms with Crippen LogP contribution in [0, 0.1) is 17.3 Å². The molecule has 3 nitrogen and oxygen atoms in total. The van der Waals surface area contributed by atoms with E-state index in [0.29, 0.717) is 18.9 Å². The normalized spacial score (nSPS) is 41.6. The van der Waals surface area contributed by atoms with Crippen LogP contribution in [0.25, 0.3) is 0 Å². The molecule has 0 aromatic heterocycles. The topological polar surface area (TPSA) is 46.5 Å². The summed E-state index contributed by atoms with van der Waals surface area (Å²) in [6.45, 7) is 0.623. The fraction of sp³-hybridized carbons (Fsp3) is 0.786. The van der Waals surface area contributed by atoms with Gasteiger partial charge in [-0.25, -0.2) is 0 Å². The van der Waals surface area contributed by atoms with Gasteiger partial charge in [0.05, 0.1) is 6.10 Å². The Morgan fingerprint density at radius 2 is 2.18 bits per heavy atom. The van der Waals surface area contributed by atoms with E-state index in [1.165, 1.54) is 0 Å². The number of hydrogen-bond donors (Lipinski definition) is 1. The average molecular weight is 236 g/mol. The third-order valence-electron chi connectivity index (χ3n) is 4.69. The molecule has 17 heavy (non-hydrogen) atoms. The fourth-order valence-electron chi connectivity index (χ4n) is 3.63. The highest BCUT2D eigenvalue weighted by molar-refractivity contribution is 5.77. The molecule has 3 unspecified atom stereocenters. The third-order valence-corrected chi connectivity index (χ3v) is 4.69. The molecule has 1 aliphatic heterocycles. The van der Waals surface area contributed by atoms with Gasteiger partial charge in [-0.15, -0.1) is 0 Å². The number of rotatable bonds is 3. The van der Waals surface area contributed by atoms with Gasteiger partial charge in [0.1, 0.15) is 5.41 Å². The van der Waals surface area contributed by atoms with Crippen molar-refractivity contribution in [2.45, 2.75) is 44.6 Å². The van der Waals surface area contributed by atoms with Gasteiger partial charge in [-0.05, 0) is 50.4 Å². The van der Waals surface area contributed by atoms with E-state index in [2.05, 4.69) is 12.2 Å². The van der Waals surface area contributed by atoms with Crippen LogP contribution in [0.3, 0.4) is 0 Å². The second kappa shape index (κ2) is 4.13. The van der Waals surface area contributed by atoms with Crippen molar-refractivity contribution < 1.29 is 14.6 Å². The highest BCUT2D eigenvalue weighted by Gasteiger charge is 2.59. The highest BCUT2D eigenvalue weighted by Crippen LogP contribution is 2.53. The number of carbonyl (C=O) groups is 1. The Hall–Kier alpha value is -0.830. The Morgan fingerprint density at radius 1 is 1.35 bits per heavy atom. The Morgan fingerprint density at radius 3 is 2.76 bits per heavy atom. The lowest BCUT2D eigenvalue weighted by molar-refractivity contribution is -0.157. The van der Waals surface area contributed by atoms with Crippen LogP contribution >= 0.6 is 0 Å². The highest BCUT2D eigenvalue weighted by atomic mass is 16.5. The Labute approximate surface area is 102 Å². The van der Waals surface area contributed by atoms with Crippen molar-refractivity contribution in [2.75, 3.05) is 6.61 Å². The first-order valence-electron chi connectivity index (χ1n) is 6.77. The first-order chi connectivity index (χ1) is 8.25. The summed E-state index contributed by atoms with van der Waals surface area (Å²) in [4.78, 5) is 11.9. The maximum atomic E-state index is 11.9. The minimum Gasteiger partial charge on any atom is -0.481 e. The van der Waals surface area contributed by atoms with Gasteiger partial charge in [-0.2, -0.15) is 0 Å². The van der Waals surface area contributed by atoms with E-state index in [4.69, 9.17) is 4.74 Å². The first kappa shape index (κ1) is 11.3. The Kier molecular flexibility index (Phi) is 2.74. The molecule has 1 saturated carbocycles. The molecule has 2 fully saturated rings. The van der Waals surface area contributed by atoms with Crippen molar-refractivity contribution in [1.29, 1.82) is 0 Å². The number of aliphatic carboxylic acids is 1. The predicted molar refractivity (Wildman–Crippen MR) is 63.6 cm³/mol. The molecule has 2 aliphatic carbocycles. The molecule has 0 aromatic rings. The van der Waals surface area contributed by atoms with Gasteiger partial charge in [0.15, 0.2) is 0 Å². The van der Waals surface area contributed by atoms with Crippen LogP contribution < -0.4 is 0 Å². The van der Waals surface area contributed by atoms with Crippen LogP contribution in [-0.2, 0) is 9.53 Å². The van der Waals surface area contributed by atoms with Gasteiger partial charge in [-0.3, -0.25) is 4.79 Å². The third kappa shape index (κ3) is 1.71. The summed E-state index contributed by atoms with van der Waals surface area (Å²) in [7, 11) is 0. The van der Waals surface area contributed by atoms with Crippen LogP contribution in [0.1, 0.15) is 38.5 Å². The monoisotopic (exact) mass is 236 g/mol. The van der Waals surface area contributed by atoms with Gasteiger partial charge in [-0.1, -0.05) is 12.2 Å². The summed E-state index contributed by atoms with van der Waals surface area (Å²) in [5, 5.41) is 9.75. The molecule has 94 valence electrons. The molecule has 1 saturated heterocycles. The number of ether oxygens (including phenoxy) is 1. The number of hydrogen-bond acceptors (Lipinski definition) is 2. The predicted octanol–water partition coefficient (Wildman–Crippen LogP) is 2.61. The minimum absolute atomic E-state index is 0.0345. The van der Waals surface area contributed by atoms with Crippen molar-refractivity contribution in [3.8, 4) is 0 Å². The smallest absolute Gasteiger partial charge is 0.312 e. The second-order valence-electron chi connectivity index (χ2n) is 5.69. The molecule has 0 bridgehead atoms. The molecule has 0 radical (unpaired) electrons. The molecule has 3 heteroatoms. The molecule has 1 N–H and O–H groups in total. The summed E-state index contributed by atoms with van der Waals surface area (Å²) in [5.74, 6) is 0.0502. The van der Waals surface area contributed by atoms with E-state index in [1.54, 1.807) is 0 Å². The van der Waals surface area contributed by atoms with Crippen molar-refractivity contribution in [3.63, 3.8) is 0 Å². The van der Waals surface area contributed by atoms with E-state index >= 15 is 0 Å². The molecule has 1 heterocycles. The lowest BCUT2D eigenvalue weighted by atomic mass is 9.66. The second-order valence-corrected chi connectivity index (χ2v) is 5.69. The van der Waals surface area contributed by atoms with Gasteiger partial charge in [0, 0.05) is 6.61 Å². The van der Waals surface area contributed by atoms with E-state index in [9.17, 15) is 9.90 Å². The van der Waals surface area contributed by atoms with Crippen LogP contribution in [-0.4, -0.2) is 23.8 Å². The van der Waals surface area contributed by atoms with Gasteiger partial charge in [0.2, 0.25) is 0 Å². The van der Waals surface area contributed by atoms with Gasteiger partial charge < -0.3 is 9.84 Å². The van der Waals surface area contributed by atoms with E-state index in [1.807, 2.05) is 0 Å². The summed E-state index contributed by atoms with van der Waals surface area (Å²) in [6.07, 6.45) is 10.5. The van der Waals surface area contributed by atoms with E-state index < -0.39 is 11.4 Å². The standard InChI is InChI=1S/C14H20O3/c15-13(16)14(11-4-2-1-3-5-11)8-9-17-12(14)10-6-7-10/h2,4,10-12H,1,3,5-9H2,(H,15,16). The first-order valence-corrected chi connectivity index (χ1v) is 6.77. The number of allylic oxidation sites excluding steroid dienone is 2.